The summed E-state index contributed by atoms with van der Waals surface area (Å²) in [5.41, 5.74) is 9.04. The van der Waals surface area contributed by atoms with Gasteiger partial charge >= 0.3 is 0 Å². The van der Waals surface area contributed by atoms with Crippen molar-refractivity contribution in [3.05, 3.63) is 47.7 Å². The number of benzene rings is 1. The molecule has 0 radical (unpaired) electrons. The molecule has 1 aromatic heterocycles. The lowest BCUT2D eigenvalue weighted by molar-refractivity contribution is 0.313. The smallest absolute Gasteiger partial charge is 0.145 e. The van der Waals surface area contributed by atoms with Gasteiger partial charge in [-0.05, 0) is 61.7 Å². The van der Waals surface area contributed by atoms with Gasteiger partial charge in [-0.1, -0.05) is 12.1 Å². The standard InChI is InChI=1S/C17H17ClN2O/c1-13-6-7-16(21-11-3-10-19)17(20-13)15-5-2-4-14(12-15)8-9-18/h2,4-7,12H,3,10-11,19H2,1H3. The number of aromatic nitrogens is 1. The average Bonchev–Trinajstić information content (AvgIpc) is 2.49. The predicted octanol–water partition coefficient (Wildman–Crippen LogP) is 3.33. The van der Waals surface area contributed by atoms with Crippen LogP contribution in [0.25, 0.3) is 11.3 Å². The van der Waals surface area contributed by atoms with Crippen molar-refractivity contribution in [2.24, 2.45) is 5.73 Å². The highest BCUT2D eigenvalue weighted by molar-refractivity contribution is 6.30. The van der Waals surface area contributed by atoms with Gasteiger partial charge in [0.1, 0.15) is 11.4 Å². The number of pyridine rings is 1. The summed E-state index contributed by atoms with van der Waals surface area (Å²) < 4.78 is 5.78. The second-order valence-corrected chi connectivity index (χ2v) is 4.78. The molecule has 3 nitrogen and oxygen atoms in total. The van der Waals surface area contributed by atoms with Crippen molar-refractivity contribution >= 4 is 11.6 Å². The fourth-order valence-corrected chi connectivity index (χ4v) is 2.04. The lowest BCUT2D eigenvalue weighted by atomic mass is 10.1. The lowest BCUT2D eigenvalue weighted by Crippen LogP contribution is -2.07. The molecule has 0 saturated heterocycles. The third-order valence-electron chi connectivity index (χ3n) is 2.93. The molecular weight excluding hydrogens is 284 g/mol. The van der Waals surface area contributed by atoms with Crippen LogP contribution in [0.4, 0.5) is 0 Å². The number of nitrogens with zero attached hydrogens (tertiary/aromatic N) is 1. The number of nitrogens with two attached hydrogens (primary N) is 1. The van der Waals surface area contributed by atoms with Crippen molar-refractivity contribution in [2.45, 2.75) is 13.3 Å². The molecule has 1 aromatic carbocycles. The number of rotatable bonds is 5. The molecule has 2 N–H and O–H groups in total. The first kappa shape index (κ1) is 15.4. The Morgan fingerprint density at radius 3 is 2.90 bits per heavy atom. The van der Waals surface area contributed by atoms with E-state index in [4.69, 9.17) is 22.1 Å². The highest BCUT2D eigenvalue weighted by Crippen LogP contribution is 2.29. The highest BCUT2D eigenvalue weighted by atomic mass is 35.5. The Kier molecular flexibility index (Phi) is 5.62. The van der Waals surface area contributed by atoms with E-state index in [1.165, 1.54) is 0 Å². The summed E-state index contributed by atoms with van der Waals surface area (Å²) in [4.78, 5) is 4.59. The Hall–Kier alpha value is -2.02. The normalized spacial score (nSPS) is 9.86. The van der Waals surface area contributed by atoms with Crippen molar-refractivity contribution < 1.29 is 4.74 Å². The van der Waals surface area contributed by atoms with E-state index >= 15 is 0 Å². The largest absolute Gasteiger partial charge is 0.491 e. The molecule has 21 heavy (non-hydrogen) atoms. The molecule has 0 amide bonds. The summed E-state index contributed by atoms with van der Waals surface area (Å²) in [5, 5.41) is 2.39. The van der Waals surface area contributed by atoms with E-state index in [2.05, 4.69) is 16.3 Å². The van der Waals surface area contributed by atoms with Gasteiger partial charge in [0.15, 0.2) is 0 Å². The van der Waals surface area contributed by atoms with E-state index in [0.29, 0.717) is 13.2 Å². The quantitative estimate of drug-likeness (QED) is 0.680. The second-order valence-electron chi connectivity index (χ2n) is 4.59. The first-order valence-corrected chi connectivity index (χ1v) is 7.15. The Morgan fingerprint density at radius 1 is 1.29 bits per heavy atom. The van der Waals surface area contributed by atoms with Crippen molar-refractivity contribution in [1.82, 2.24) is 4.98 Å². The van der Waals surface area contributed by atoms with E-state index in [9.17, 15) is 0 Å². The Bertz CT molecular complexity index is 674. The summed E-state index contributed by atoms with van der Waals surface area (Å²) in [5.74, 6) is 3.59. The predicted molar refractivity (Wildman–Crippen MR) is 86.3 cm³/mol. The number of ether oxygens (including phenoxy) is 1. The number of hydrogen-bond acceptors (Lipinski definition) is 3. The van der Waals surface area contributed by atoms with Crippen LogP contribution in [0, 0.1) is 18.2 Å². The van der Waals surface area contributed by atoms with Gasteiger partial charge in [-0.2, -0.15) is 0 Å². The molecular formula is C17H17ClN2O. The summed E-state index contributed by atoms with van der Waals surface area (Å²) >= 11 is 5.46. The van der Waals surface area contributed by atoms with Crippen LogP contribution in [0.1, 0.15) is 17.7 Å². The summed E-state index contributed by atoms with van der Waals surface area (Å²) in [7, 11) is 0. The molecule has 0 atom stereocenters. The van der Waals surface area contributed by atoms with E-state index < -0.39 is 0 Å². The molecule has 108 valence electrons. The van der Waals surface area contributed by atoms with Gasteiger partial charge in [0.25, 0.3) is 0 Å². The van der Waals surface area contributed by atoms with Crippen molar-refractivity contribution in [2.75, 3.05) is 13.2 Å². The zero-order valence-electron chi connectivity index (χ0n) is 11.9. The molecule has 2 aromatic rings. The van der Waals surface area contributed by atoms with Gasteiger partial charge in [0.2, 0.25) is 0 Å². The number of hydrogen-bond donors (Lipinski definition) is 1. The zero-order chi connectivity index (χ0) is 15.1. The van der Waals surface area contributed by atoms with E-state index in [0.717, 1.165) is 34.7 Å². The first-order chi connectivity index (χ1) is 10.2. The number of halogens is 1. The minimum atomic E-state index is 0.579. The van der Waals surface area contributed by atoms with Gasteiger partial charge in [0, 0.05) is 22.2 Å². The fourth-order valence-electron chi connectivity index (χ4n) is 1.93. The highest BCUT2D eigenvalue weighted by Gasteiger charge is 2.09. The Labute approximate surface area is 130 Å². The molecule has 0 bridgehead atoms. The van der Waals surface area contributed by atoms with Crippen LogP contribution >= 0.6 is 11.6 Å². The molecule has 0 spiro atoms. The van der Waals surface area contributed by atoms with E-state index in [1.54, 1.807) is 0 Å². The zero-order valence-corrected chi connectivity index (χ0v) is 12.7. The third-order valence-corrected chi connectivity index (χ3v) is 3.03. The molecule has 1 heterocycles. The summed E-state index contributed by atoms with van der Waals surface area (Å²) in [6.45, 7) is 3.14. The Balaban J connectivity index is 2.38. The van der Waals surface area contributed by atoms with Gasteiger partial charge in [0.05, 0.1) is 6.61 Å². The van der Waals surface area contributed by atoms with E-state index in [1.807, 2.05) is 43.3 Å². The SMILES string of the molecule is Cc1ccc(OCCCN)c(-c2cccc(C#CCl)c2)n1. The topological polar surface area (TPSA) is 48.1 Å². The minimum absolute atomic E-state index is 0.579. The van der Waals surface area contributed by atoms with Crippen LogP contribution < -0.4 is 10.5 Å². The maximum absolute atomic E-state index is 5.78. The monoisotopic (exact) mass is 300 g/mol. The van der Waals surface area contributed by atoms with Crippen LogP contribution in [-0.2, 0) is 0 Å². The molecule has 0 fully saturated rings. The second kappa shape index (κ2) is 7.68. The molecule has 0 saturated carbocycles. The van der Waals surface area contributed by atoms with Crippen molar-refractivity contribution in [3.8, 4) is 28.3 Å². The third kappa shape index (κ3) is 4.22. The van der Waals surface area contributed by atoms with Crippen LogP contribution in [0.2, 0.25) is 0 Å². The van der Waals surface area contributed by atoms with Crippen LogP contribution in [-0.4, -0.2) is 18.1 Å². The average molecular weight is 301 g/mol. The lowest BCUT2D eigenvalue weighted by Gasteiger charge is -2.11. The fraction of sp³-hybridized carbons (Fsp3) is 0.235. The van der Waals surface area contributed by atoms with Gasteiger partial charge in [-0.25, -0.2) is 4.98 Å². The Morgan fingerprint density at radius 2 is 2.14 bits per heavy atom. The summed E-state index contributed by atoms with van der Waals surface area (Å²) in [6.07, 6.45) is 0.811. The molecule has 0 unspecified atom stereocenters. The maximum Gasteiger partial charge on any atom is 0.145 e. The molecule has 4 heteroatoms. The molecule has 0 aliphatic rings. The minimum Gasteiger partial charge on any atom is -0.491 e. The van der Waals surface area contributed by atoms with E-state index in [-0.39, 0.29) is 0 Å². The first-order valence-electron chi connectivity index (χ1n) is 6.77. The van der Waals surface area contributed by atoms with Crippen LogP contribution in [0.5, 0.6) is 5.75 Å². The van der Waals surface area contributed by atoms with Crippen LogP contribution in [0.3, 0.4) is 0 Å². The molecule has 0 aliphatic carbocycles. The van der Waals surface area contributed by atoms with Crippen molar-refractivity contribution in [3.63, 3.8) is 0 Å². The molecule has 0 aliphatic heterocycles. The number of aryl methyl sites for hydroxylation is 1. The van der Waals surface area contributed by atoms with Gasteiger partial charge < -0.3 is 10.5 Å². The van der Waals surface area contributed by atoms with Gasteiger partial charge in [-0.15, -0.1) is 0 Å². The summed E-state index contributed by atoms with van der Waals surface area (Å²) in [6, 6.07) is 11.6. The maximum atomic E-state index is 5.78. The molecule has 2 rings (SSSR count). The van der Waals surface area contributed by atoms with Gasteiger partial charge in [-0.3, -0.25) is 0 Å². The van der Waals surface area contributed by atoms with Crippen LogP contribution in [0.15, 0.2) is 36.4 Å². The van der Waals surface area contributed by atoms with Crippen molar-refractivity contribution in [1.29, 1.82) is 0 Å².